The molecular formula is C22H23ClN4O2S. The van der Waals surface area contributed by atoms with Crippen molar-refractivity contribution in [2.24, 2.45) is 0 Å². The van der Waals surface area contributed by atoms with Gasteiger partial charge in [-0.2, -0.15) is 0 Å². The Bertz CT molecular complexity index is 1020. The number of nitrogens with zero attached hydrogens (tertiary/aromatic N) is 4. The first-order valence-electron chi connectivity index (χ1n) is 9.85. The average Bonchev–Trinajstić information content (AvgIpc) is 3.22. The Kier molecular flexibility index (Phi) is 6.72. The van der Waals surface area contributed by atoms with E-state index in [9.17, 15) is 4.79 Å². The highest BCUT2D eigenvalue weighted by molar-refractivity contribution is 7.99. The van der Waals surface area contributed by atoms with E-state index >= 15 is 0 Å². The number of carbonyl (C=O) groups is 1. The van der Waals surface area contributed by atoms with E-state index in [1.54, 1.807) is 12.1 Å². The number of carbonyl (C=O) groups excluding carboxylic acids is 1. The van der Waals surface area contributed by atoms with Gasteiger partial charge in [0.25, 0.3) is 5.22 Å². The summed E-state index contributed by atoms with van der Waals surface area (Å²) in [5.74, 6) is 0.782. The van der Waals surface area contributed by atoms with Gasteiger partial charge in [-0.3, -0.25) is 9.69 Å². The third-order valence-electron chi connectivity index (χ3n) is 5.01. The Morgan fingerprint density at radius 2 is 1.90 bits per heavy atom. The van der Waals surface area contributed by atoms with Gasteiger partial charge >= 0.3 is 0 Å². The van der Waals surface area contributed by atoms with Gasteiger partial charge < -0.3 is 9.32 Å². The number of aromatic nitrogens is 2. The van der Waals surface area contributed by atoms with Gasteiger partial charge in [0.2, 0.25) is 11.8 Å². The molecule has 3 aromatic rings. The zero-order valence-corrected chi connectivity index (χ0v) is 18.3. The molecule has 1 fully saturated rings. The third kappa shape index (κ3) is 5.41. The molecule has 2 heterocycles. The summed E-state index contributed by atoms with van der Waals surface area (Å²) in [6, 6.07) is 15.8. The Morgan fingerprint density at radius 1 is 1.10 bits per heavy atom. The lowest BCUT2D eigenvalue weighted by atomic mass is 10.1. The van der Waals surface area contributed by atoms with Crippen LogP contribution in [0.15, 0.2) is 58.2 Å². The van der Waals surface area contributed by atoms with Crippen molar-refractivity contribution >= 4 is 29.3 Å². The first-order chi connectivity index (χ1) is 14.6. The molecule has 1 saturated heterocycles. The Hall–Kier alpha value is -2.35. The van der Waals surface area contributed by atoms with Crippen LogP contribution in [0, 0.1) is 6.92 Å². The second kappa shape index (κ2) is 9.64. The molecule has 30 heavy (non-hydrogen) atoms. The number of piperazine rings is 1. The number of amides is 1. The fraction of sp³-hybridized carbons (Fsp3) is 0.318. The van der Waals surface area contributed by atoms with Gasteiger partial charge in [0.15, 0.2) is 0 Å². The van der Waals surface area contributed by atoms with Crippen LogP contribution >= 0.6 is 23.4 Å². The topological polar surface area (TPSA) is 62.5 Å². The molecular weight excluding hydrogens is 420 g/mol. The molecule has 1 aliphatic heterocycles. The molecule has 2 aromatic carbocycles. The smallest absolute Gasteiger partial charge is 0.277 e. The van der Waals surface area contributed by atoms with E-state index in [4.69, 9.17) is 16.0 Å². The first kappa shape index (κ1) is 20.9. The highest BCUT2D eigenvalue weighted by Crippen LogP contribution is 2.25. The zero-order valence-electron chi connectivity index (χ0n) is 16.8. The van der Waals surface area contributed by atoms with Gasteiger partial charge in [-0.1, -0.05) is 59.3 Å². The summed E-state index contributed by atoms with van der Waals surface area (Å²) < 4.78 is 5.66. The molecule has 0 radical (unpaired) electrons. The molecule has 0 unspecified atom stereocenters. The van der Waals surface area contributed by atoms with Crippen molar-refractivity contribution in [3.05, 3.63) is 64.7 Å². The van der Waals surface area contributed by atoms with E-state index in [1.807, 2.05) is 17.0 Å². The first-order valence-corrected chi connectivity index (χ1v) is 11.2. The van der Waals surface area contributed by atoms with Crippen LogP contribution in [0.3, 0.4) is 0 Å². The number of benzene rings is 2. The van der Waals surface area contributed by atoms with Gasteiger partial charge in [-0.25, -0.2) is 0 Å². The lowest BCUT2D eigenvalue weighted by Crippen LogP contribution is -2.48. The van der Waals surface area contributed by atoms with Crippen molar-refractivity contribution in [1.82, 2.24) is 20.0 Å². The minimum atomic E-state index is 0.0951. The number of hydrogen-bond acceptors (Lipinski definition) is 6. The average molecular weight is 443 g/mol. The molecule has 4 rings (SSSR count). The van der Waals surface area contributed by atoms with E-state index in [0.717, 1.165) is 38.3 Å². The molecule has 6 nitrogen and oxygen atoms in total. The number of halogens is 1. The highest BCUT2D eigenvalue weighted by Gasteiger charge is 2.22. The standard InChI is InChI=1S/C22H23ClN4O2S/c1-16-4-2-5-17(12-16)14-26-8-10-27(11-9-26)20(28)15-30-22-25-24-21(29-22)18-6-3-7-19(23)13-18/h2-7,12-13H,8-11,14-15H2,1H3. The van der Waals surface area contributed by atoms with Crippen LogP contribution in [0.25, 0.3) is 11.5 Å². The predicted octanol–water partition coefficient (Wildman–Crippen LogP) is 4.13. The molecule has 0 saturated carbocycles. The lowest BCUT2D eigenvalue weighted by molar-refractivity contribution is -0.130. The summed E-state index contributed by atoms with van der Waals surface area (Å²) in [5, 5.41) is 9.07. The van der Waals surface area contributed by atoms with E-state index in [2.05, 4.69) is 46.3 Å². The minimum Gasteiger partial charge on any atom is -0.411 e. The third-order valence-corrected chi connectivity index (χ3v) is 6.05. The van der Waals surface area contributed by atoms with Crippen molar-refractivity contribution in [3.63, 3.8) is 0 Å². The number of aryl methyl sites for hydroxylation is 1. The predicted molar refractivity (Wildman–Crippen MR) is 119 cm³/mol. The fourth-order valence-corrected chi connectivity index (χ4v) is 4.30. The Labute approximate surface area is 185 Å². The lowest BCUT2D eigenvalue weighted by Gasteiger charge is -2.34. The van der Waals surface area contributed by atoms with Gasteiger partial charge in [0.05, 0.1) is 5.75 Å². The maximum absolute atomic E-state index is 12.6. The van der Waals surface area contributed by atoms with E-state index < -0.39 is 0 Å². The second-order valence-corrected chi connectivity index (χ2v) is 8.68. The van der Waals surface area contributed by atoms with E-state index in [1.165, 1.54) is 22.9 Å². The van der Waals surface area contributed by atoms with Gasteiger partial charge in [0, 0.05) is 43.3 Å². The van der Waals surface area contributed by atoms with Gasteiger partial charge in [-0.15, -0.1) is 10.2 Å². The number of hydrogen-bond donors (Lipinski definition) is 0. The summed E-state index contributed by atoms with van der Waals surface area (Å²) in [6.45, 7) is 6.27. The number of thioether (sulfide) groups is 1. The molecule has 0 atom stereocenters. The monoisotopic (exact) mass is 442 g/mol. The molecule has 0 bridgehead atoms. The van der Waals surface area contributed by atoms with Crippen molar-refractivity contribution in [2.45, 2.75) is 18.7 Å². The van der Waals surface area contributed by atoms with Crippen LogP contribution < -0.4 is 0 Å². The van der Waals surface area contributed by atoms with Crippen molar-refractivity contribution in [3.8, 4) is 11.5 Å². The Balaban J connectivity index is 1.24. The largest absolute Gasteiger partial charge is 0.411 e. The molecule has 0 spiro atoms. The summed E-state index contributed by atoms with van der Waals surface area (Å²) in [7, 11) is 0. The molecule has 1 amide bonds. The SMILES string of the molecule is Cc1cccc(CN2CCN(C(=O)CSc3nnc(-c4cccc(Cl)c4)o3)CC2)c1. The maximum Gasteiger partial charge on any atom is 0.277 e. The van der Waals surface area contributed by atoms with Crippen LogP contribution in [0.5, 0.6) is 0 Å². The maximum atomic E-state index is 12.6. The summed E-state index contributed by atoms with van der Waals surface area (Å²) in [6.07, 6.45) is 0. The highest BCUT2D eigenvalue weighted by atomic mass is 35.5. The molecule has 1 aromatic heterocycles. The van der Waals surface area contributed by atoms with Crippen molar-refractivity contribution in [1.29, 1.82) is 0 Å². The second-order valence-electron chi connectivity index (χ2n) is 7.32. The molecule has 0 aliphatic carbocycles. The number of rotatable bonds is 6. The Morgan fingerprint density at radius 3 is 2.67 bits per heavy atom. The van der Waals surface area contributed by atoms with Crippen LogP contribution in [0.2, 0.25) is 5.02 Å². The molecule has 1 aliphatic rings. The summed E-state index contributed by atoms with van der Waals surface area (Å²) >= 11 is 7.27. The van der Waals surface area contributed by atoms with E-state index in [0.29, 0.717) is 16.1 Å². The van der Waals surface area contributed by atoms with Crippen molar-refractivity contribution in [2.75, 3.05) is 31.9 Å². The molecule has 156 valence electrons. The normalized spacial score (nSPS) is 14.8. The van der Waals surface area contributed by atoms with Crippen LogP contribution in [-0.2, 0) is 11.3 Å². The van der Waals surface area contributed by atoms with Gasteiger partial charge in [-0.05, 0) is 30.7 Å². The fourth-order valence-electron chi connectivity index (χ4n) is 3.45. The van der Waals surface area contributed by atoms with Gasteiger partial charge in [0.1, 0.15) is 0 Å². The summed E-state index contributed by atoms with van der Waals surface area (Å²) in [5.41, 5.74) is 3.35. The zero-order chi connectivity index (χ0) is 20.9. The van der Waals surface area contributed by atoms with Crippen molar-refractivity contribution < 1.29 is 9.21 Å². The minimum absolute atomic E-state index is 0.0951. The van der Waals surface area contributed by atoms with Crippen LogP contribution in [-0.4, -0.2) is 57.8 Å². The van der Waals surface area contributed by atoms with E-state index in [-0.39, 0.29) is 11.7 Å². The quantitative estimate of drug-likeness (QED) is 0.535. The molecule has 8 heteroatoms. The molecule has 0 N–H and O–H groups in total. The van der Waals surface area contributed by atoms with Crippen LogP contribution in [0.1, 0.15) is 11.1 Å². The van der Waals surface area contributed by atoms with Crippen LogP contribution in [0.4, 0.5) is 0 Å². The summed E-state index contributed by atoms with van der Waals surface area (Å²) in [4.78, 5) is 16.9.